The average molecular weight is 321 g/mol. The maximum atomic E-state index is 6.42. The van der Waals surface area contributed by atoms with Crippen molar-refractivity contribution in [2.75, 3.05) is 5.73 Å². The topological polar surface area (TPSA) is 67.6 Å². The Bertz CT molecular complexity index is 1070. The van der Waals surface area contributed by atoms with Gasteiger partial charge in [0.05, 0.1) is 27.3 Å². The number of aromatic amines is 1. The number of hydrogen-bond acceptors (Lipinski definition) is 3. The molecule has 23 heavy (non-hydrogen) atoms. The molecule has 0 fully saturated rings. The van der Waals surface area contributed by atoms with Crippen LogP contribution in [0.4, 0.5) is 5.95 Å². The first-order valence-corrected chi connectivity index (χ1v) is 7.50. The molecular weight excluding hydrogens is 308 g/mol. The van der Waals surface area contributed by atoms with Crippen LogP contribution in [0, 0.1) is 0 Å². The van der Waals surface area contributed by atoms with E-state index in [2.05, 4.69) is 16.5 Å². The van der Waals surface area contributed by atoms with Crippen molar-refractivity contribution >= 4 is 45.6 Å². The highest BCUT2D eigenvalue weighted by Crippen LogP contribution is 2.30. The number of nitrogens with zero attached hydrogens (tertiary/aromatic N) is 2. The number of imidazole rings is 1. The lowest BCUT2D eigenvalue weighted by Gasteiger charge is -2.07. The predicted molar refractivity (Wildman–Crippen MR) is 96.3 cm³/mol. The Morgan fingerprint density at radius 3 is 2.74 bits per heavy atom. The highest BCUT2D eigenvalue weighted by molar-refractivity contribution is 6.35. The molecule has 0 saturated heterocycles. The monoisotopic (exact) mass is 320 g/mol. The Morgan fingerprint density at radius 1 is 1.04 bits per heavy atom. The van der Waals surface area contributed by atoms with Crippen LogP contribution in [0.2, 0.25) is 5.02 Å². The van der Waals surface area contributed by atoms with Crippen LogP contribution in [0.3, 0.4) is 0 Å². The number of rotatable bonds is 2. The molecule has 112 valence electrons. The number of halogens is 1. The summed E-state index contributed by atoms with van der Waals surface area (Å²) >= 11 is 6.42. The number of benzene rings is 2. The van der Waals surface area contributed by atoms with E-state index in [9.17, 15) is 0 Å². The molecule has 2 heterocycles. The molecule has 0 unspecified atom stereocenters. The molecule has 0 saturated carbocycles. The Balaban J connectivity index is 1.93. The maximum absolute atomic E-state index is 6.42. The minimum absolute atomic E-state index is 0.400. The molecule has 0 amide bonds. The van der Waals surface area contributed by atoms with Crippen molar-refractivity contribution in [1.82, 2.24) is 15.0 Å². The number of pyridine rings is 1. The molecule has 2 aromatic carbocycles. The summed E-state index contributed by atoms with van der Waals surface area (Å²) in [5.74, 6) is 0.400. The second kappa shape index (κ2) is 5.11. The summed E-state index contributed by atoms with van der Waals surface area (Å²) in [5.41, 5.74) is 11.0. The van der Waals surface area contributed by atoms with Crippen LogP contribution in [-0.2, 0) is 0 Å². The zero-order valence-electron chi connectivity index (χ0n) is 12.2. The second-order valence-electron chi connectivity index (χ2n) is 5.32. The summed E-state index contributed by atoms with van der Waals surface area (Å²) in [6.07, 6.45) is 1.79. The van der Waals surface area contributed by atoms with E-state index < -0.39 is 0 Å². The SMILES string of the molecule is C=Cc1ccc2c(Cl)cc(-c3ccc4nc(N)[nH]c4c3)nc2c1. The van der Waals surface area contributed by atoms with Gasteiger partial charge in [-0.1, -0.05) is 42.5 Å². The van der Waals surface area contributed by atoms with Gasteiger partial charge in [0, 0.05) is 10.9 Å². The van der Waals surface area contributed by atoms with Crippen molar-refractivity contribution in [1.29, 1.82) is 0 Å². The number of nitrogens with one attached hydrogen (secondary N) is 1. The molecule has 4 rings (SSSR count). The van der Waals surface area contributed by atoms with E-state index in [0.29, 0.717) is 11.0 Å². The first kappa shape index (κ1) is 13.8. The third-order valence-corrected chi connectivity index (χ3v) is 4.13. The lowest BCUT2D eigenvalue weighted by atomic mass is 10.1. The number of fused-ring (bicyclic) bond motifs is 2. The zero-order chi connectivity index (χ0) is 16.0. The third kappa shape index (κ3) is 2.33. The Labute approximate surface area is 137 Å². The van der Waals surface area contributed by atoms with Gasteiger partial charge in [0.25, 0.3) is 0 Å². The molecule has 0 spiro atoms. The van der Waals surface area contributed by atoms with Gasteiger partial charge in [0.15, 0.2) is 5.95 Å². The summed E-state index contributed by atoms with van der Waals surface area (Å²) < 4.78 is 0. The number of anilines is 1. The fraction of sp³-hybridized carbons (Fsp3) is 0. The van der Waals surface area contributed by atoms with Gasteiger partial charge in [-0.25, -0.2) is 9.97 Å². The molecule has 5 heteroatoms. The van der Waals surface area contributed by atoms with Crippen LogP contribution >= 0.6 is 11.6 Å². The van der Waals surface area contributed by atoms with E-state index in [1.165, 1.54) is 0 Å². The van der Waals surface area contributed by atoms with Crippen molar-refractivity contribution in [3.8, 4) is 11.3 Å². The molecule has 0 bridgehead atoms. The van der Waals surface area contributed by atoms with Gasteiger partial charge >= 0.3 is 0 Å². The van der Waals surface area contributed by atoms with E-state index >= 15 is 0 Å². The first-order chi connectivity index (χ1) is 11.1. The third-order valence-electron chi connectivity index (χ3n) is 3.82. The number of nitrogens with two attached hydrogens (primary N) is 1. The van der Waals surface area contributed by atoms with Crippen LogP contribution in [0.5, 0.6) is 0 Å². The van der Waals surface area contributed by atoms with Crippen LogP contribution in [0.25, 0.3) is 39.3 Å². The normalized spacial score (nSPS) is 11.2. The van der Waals surface area contributed by atoms with E-state index in [-0.39, 0.29) is 0 Å². The van der Waals surface area contributed by atoms with E-state index in [1.807, 2.05) is 42.5 Å². The summed E-state index contributed by atoms with van der Waals surface area (Å²) in [5, 5.41) is 1.60. The van der Waals surface area contributed by atoms with Crippen LogP contribution in [0.1, 0.15) is 5.56 Å². The fourth-order valence-corrected chi connectivity index (χ4v) is 2.93. The van der Waals surface area contributed by atoms with Crippen molar-refractivity contribution in [3.05, 3.63) is 59.6 Å². The standard InChI is InChI=1S/C18H13ClN4/c1-2-10-3-5-12-13(19)9-15(21-16(12)7-10)11-4-6-14-17(8-11)23-18(20)22-14/h2-9H,1H2,(H3,20,22,23). The van der Waals surface area contributed by atoms with Crippen molar-refractivity contribution in [2.45, 2.75) is 0 Å². The molecule has 0 atom stereocenters. The summed E-state index contributed by atoms with van der Waals surface area (Å²) in [6.45, 7) is 3.79. The minimum atomic E-state index is 0.400. The molecule has 0 aliphatic rings. The second-order valence-corrected chi connectivity index (χ2v) is 5.73. The Morgan fingerprint density at radius 2 is 1.91 bits per heavy atom. The molecule has 3 N–H and O–H groups in total. The van der Waals surface area contributed by atoms with Gasteiger partial charge in [-0.3, -0.25) is 0 Å². The van der Waals surface area contributed by atoms with Crippen LogP contribution in [-0.4, -0.2) is 15.0 Å². The molecule has 0 radical (unpaired) electrons. The highest BCUT2D eigenvalue weighted by atomic mass is 35.5. The number of nitrogen functional groups attached to an aromatic ring is 1. The van der Waals surface area contributed by atoms with E-state index in [4.69, 9.17) is 22.3 Å². The molecule has 4 aromatic rings. The van der Waals surface area contributed by atoms with Crippen molar-refractivity contribution in [3.63, 3.8) is 0 Å². The smallest absolute Gasteiger partial charge is 0.198 e. The molecular formula is C18H13ClN4. The van der Waals surface area contributed by atoms with E-state index in [1.54, 1.807) is 6.08 Å². The lowest BCUT2D eigenvalue weighted by Crippen LogP contribution is -1.88. The van der Waals surface area contributed by atoms with Crippen molar-refractivity contribution in [2.24, 2.45) is 0 Å². The van der Waals surface area contributed by atoms with Gasteiger partial charge in [-0.05, 0) is 29.8 Å². The van der Waals surface area contributed by atoms with Crippen LogP contribution < -0.4 is 5.73 Å². The lowest BCUT2D eigenvalue weighted by molar-refractivity contribution is 1.35. The van der Waals surface area contributed by atoms with Crippen molar-refractivity contribution < 1.29 is 0 Å². The van der Waals surface area contributed by atoms with Gasteiger partial charge in [0.2, 0.25) is 0 Å². The molecule has 0 aliphatic carbocycles. The fourth-order valence-electron chi connectivity index (χ4n) is 2.67. The largest absolute Gasteiger partial charge is 0.369 e. The Hall–Kier alpha value is -2.85. The zero-order valence-corrected chi connectivity index (χ0v) is 12.9. The van der Waals surface area contributed by atoms with Gasteiger partial charge < -0.3 is 10.7 Å². The van der Waals surface area contributed by atoms with Gasteiger partial charge in [0.1, 0.15) is 0 Å². The first-order valence-electron chi connectivity index (χ1n) is 7.12. The number of hydrogen-bond donors (Lipinski definition) is 2. The predicted octanol–water partition coefficient (Wildman–Crippen LogP) is 4.66. The molecule has 0 aliphatic heterocycles. The molecule has 2 aromatic heterocycles. The van der Waals surface area contributed by atoms with Gasteiger partial charge in [-0.15, -0.1) is 0 Å². The number of aromatic nitrogens is 3. The maximum Gasteiger partial charge on any atom is 0.198 e. The summed E-state index contributed by atoms with van der Waals surface area (Å²) in [6, 6.07) is 13.6. The summed E-state index contributed by atoms with van der Waals surface area (Å²) in [7, 11) is 0. The van der Waals surface area contributed by atoms with Gasteiger partial charge in [-0.2, -0.15) is 0 Å². The molecule has 4 nitrogen and oxygen atoms in total. The quantitative estimate of drug-likeness (QED) is 0.564. The summed E-state index contributed by atoms with van der Waals surface area (Å²) in [4.78, 5) is 12.0. The minimum Gasteiger partial charge on any atom is -0.369 e. The average Bonchev–Trinajstić information content (AvgIpc) is 2.93. The van der Waals surface area contributed by atoms with E-state index in [0.717, 1.165) is 38.8 Å². The highest BCUT2D eigenvalue weighted by Gasteiger charge is 2.08. The van der Waals surface area contributed by atoms with Crippen LogP contribution in [0.15, 0.2) is 49.0 Å². The number of H-pyrrole nitrogens is 1. The Kier molecular flexibility index (Phi) is 3.06.